The van der Waals surface area contributed by atoms with Gasteiger partial charge in [0.1, 0.15) is 0 Å². The van der Waals surface area contributed by atoms with Gasteiger partial charge in [0, 0.05) is 26.0 Å². The number of likely N-dealkylation sites (N-methyl/N-ethyl adjacent to an activating group) is 1. The molecule has 0 fully saturated rings. The lowest BCUT2D eigenvalue weighted by Gasteiger charge is -2.17. The van der Waals surface area contributed by atoms with Gasteiger partial charge in [-0.25, -0.2) is 4.99 Å². The minimum absolute atomic E-state index is 0.528. The van der Waals surface area contributed by atoms with Gasteiger partial charge in [0.2, 0.25) is 0 Å². The summed E-state index contributed by atoms with van der Waals surface area (Å²) in [5, 5.41) is 0. The Kier molecular flexibility index (Phi) is 4.50. The zero-order valence-corrected chi connectivity index (χ0v) is 11.0. The van der Waals surface area contributed by atoms with Crippen molar-refractivity contribution < 1.29 is 0 Å². The molecule has 2 rings (SSSR count). The third-order valence-corrected chi connectivity index (χ3v) is 2.88. The second kappa shape index (κ2) is 6.54. The average Bonchev–Trinajstić information content (AvgIpc) is 2.47. The van der Waals surface area contributed by atoms with Crippen LogP contribution >= 0.6 is 0 Å². The molecule has 19 heavy (non-hydrogen) atoms. The molecule has 0 saturated heterocycles. The number of benzene rings is 1. The molecule has 0 aliphatic carbocycles. The molecule has 1 aromatic heterocycles. The maximum Gasteiger partial charge on any atom is 0.196 e. The molecule has 0 unspecified atom stereocenters. The van der Waals surface area contributed by atoms with Crippen molar-refractivity contribution in [1.29, 1.82) is 0 Å². The fourth-order valence-corrected chi connectivity index (χ4v) is 1.68. The maximum atomic E-state index is 5.98. The number of guanidine groups is 1. The molecule has 4 nitrogen and oxygen atoms in total. The highest BCUT2D eigenvalue weighted by atomic mass is 15.2. The van der Waals surface area contributed by atoms with Gasteiger partial charge in [-0.05, 0) is 36.2 Å². The molecule has 0 bridgehead atoms. The third kappa shape index (κ3) is 4.10. The smallest absolute Gasteiger partial charge is 0.196 e. The van der Waals surface area contributed by atoms with Crippen molar-refractivity contribution in [2.24, 2.45) is 10.7 Å². The standard InChI is InChI=1S/C15H18N4/c1-19(12-9-13-7-10-17-11-8-13)15(16)18-14-5-3-2-4-6-14/h2-8,10-11H,9,12H2,1H3,(H2,16,18). The van der Waals surface area contributed by atoms with Gasteiger partial charge in [-0.2, -0.15) is 0 Å². The van der Waals surface area contributed by atoms with Gasteiger partial charge in [0.25, 0.3) is 0 Å². The van der Waals surface area contributed by atoms with Crippen LogP contribution in [0, 0.1) is 0 Å². The number of para-hydroxylation sites is 1. The van der Waals surface area contributed by atoms with Gasteiger partial charge in [0.05, 0.1) is 5.69 Å². The second-order valence-electron chi connectivity index (χ2n) is 4.33. The molecule has 1 heterocycles. The molecule has 2 aromatic rings. The zero-order valence-electron chi connectivity index (χ0n) is 11.0. The number of nitrogens with zero attached hydrogens (tertiary/aromatic N) is 3. The van der Waals surface area contributed by atoms with E-state index in [0.717, 1.165) is 18.7 Å². The monoisotopic (exact) mass is 254 g/mol. The molecular formula is C15H18N4. The van der Waals surface area contributed by atoms with E-state index in [0.29, 0.717) is 5.96 Å². The van der Waals surface area contributed by atoms with E-state index in [-0.39, 0.29) is 0 Å². The fraction of sp³-hybridized carbons (Fsp3) is 0.200. The minimum Gasteiger partial charge on any atom is -0.369 e. The van der Waals surface area contributed by atoms with Crippen LogP contribution in [0.4, 0.5) is 5.69 Å². The molecule has 0 radical (unpaired) electrons. The summed E-state index contributed by atoms with van der Waals surface area (Å²) in [6.45, 7) is 0.826. The predicted octanol–water partition coefficient (Wildman–Crippen LogP) is 2.20. The fourth-order valence-electron chi connectivity index (χ4n) is 1.68. The van der Waals surface area contributed by atoms with E-state index in [1.165, 1.54) is 5.56 Å². The molecule has 0 amide bonds. The molecule has 1 aromatic carbocycles. The Labute approximate surface area is 113 Å². The van der Waals surface area contributed by atoms with Gasteiger partial charge in [-0.3, -0.25) is 4.98 Å². The van der Waals surface area contributed by atoms with Crippen molar-refractivity contribution >= 4 is 11.6 Å². The van der Waals surface area contributed by atoms with Crippen LogP contribution in [0.2, 0.25) is 0 Å². The summed E-state index contributed by atoms with van der Waals surface area (Å²) in [5.41, 5.74) is 8.09. The Hall–Kier alpha value is -2.36. The van der Waals surface area contributed by atoms with E-state index < -0.39 is 0 Å². The summed E-state index contributed by atoms with van der Waals surface area (Å²) in [6, 6.07) is 13.7. The number of aromatic nitrogens is 1. The van der Waals surface area contributed by atoms with Gasteiger partial charge >= 0.3 is 0 Å². The van der Waals surface area contributed by atoms with E-state index in [9.17, 15) is 0 Å². The minimum atomic E-state index is 0.528. The molecular weight excluding hydrogens is 236 g/mol. The Morgan fingerprint density at radius 1 is 1.16 bits per heavy atom. The van der Waals surface area contributed by atoms with Crippen molar-refractivity contribution in [1.82, 2.24) is 9.88 Å². The molecule has 98 valence electrons. The van der Waals surface area contributed by atoms with Gasteiger partial charge in [-0.15, -0.1) is 0 Å². The van der Waals surface area contributed by atoms with Crippen LogP contribution in [0.5, 0.6) is 0 Å². The van der Waals surface area contributed by atoms with Crippen molar-refractivity contribution in [2.75, 3.05) is 13.6 Å². The molecule has 0 spiro atoms. The summed E-state index contributed by atoms with van der Waals surface area (Å²) in [4.78, 5) is 10.3. The van der Waals surface area contributed by atoms with Crippen molar-refractivity contribution in [3.05, 3.63) is 60.4 Å². The van der Waals surface area contributed by atoms with Gasteiger partial charge in [0.15, 0.2) is 5.96 Å². The van der Waals surface area contributed by atoms with Crippen molar-refractivity contribution in [3.8, 4) is 0 Å². The quantitative estimate of drug-likeness (QED) is 0.672. The topological polar surface area (TPSA) is 54.5 Å². The van der Waals surface area contributed by atoms with E-state index in [2.05, 4.69) is 9.98 Å². The molecule has 0 saturated carbocycles. The number of hydrogen-bond donors (Lipinski definition) is 1. The third-order valence-electron chi connectivity index (χ3n) is 2.88. The van der Waals surface area contributed by atoms with Gasteiger partial charge < -0.3 is 10.6 Å². The number of pyridine rings is 1. The number of rotatable bonds is 4. The molecule has 0 aliphatic rings. The largest absolute Gasteiger partial charge is 0.369 e. The summed E-state index contributed by atoms with van der Waals surface area (Å²) in [7, 11) is 1.95. The van der Waals surface area contributed by atoms with Crippen molar-refractivity contribution in [2.45, 2.75) is 6.42 Å². The summed E-state index contributed by atoms with van der Waals surface area (Å²) in [5.74, 6) is 0.528. The highest BCUT2D eigenvalue weighted by molar-refractivity contribution is 5.80. The first-order chi connectivity index (χ1) is 9.25. The number of hydrogen-bond acceptors (Lipinski definition) is 2. The predicted molar refractivity (Wildman–Crippen MR) is 78.3 cm³/mol. The number of nitrogens with two attached hydrogens (primary N) is 1. The first-order valence-corrected chi connectivity index (χ1v) is 6.25. The first-order valence-electron chi connectivity index (χ1n) is 6.25. The van der Waals surface area contributed by atoms with E-state index in [1.807, 2.05) is 54.4 Å². The Morgan fingerprint density at radius 2 is 1.84 bits per heavy atom. The summed E-state index contributed by atoms with van der Waals surface area (Å²) in [6.07, 6.45) is 4.53. The van der Waals surface area contributed by atoms with Crippen LogP contribution in [-0.4, -0.2) is 29.4 Å². The lowest BCUT2D eigenvalue weighted by molar-refractivity contribution is 0.502. The van der Waals surface area contributed by atoms with Crippen LogP contribution < -0.4 is 5.73 Å². The van der Waals surface area contributed by atoms with Gasteiger partial charge in [-0.1, -0.05) is 18.2 Å². The van der Waals surface area contributed by atoms with E-state index >= 15 is 0 Å². The Bertz CT molecular complexity index is 522. The zero-order chi connectivity index (χ0) is 13.5. The van der Waals surface area contributed by atoms with Crippen molar-refractivity contribution in [3.63, 3.8) is 0 Å². The summed E-state index contributed by atoms with van der Waals surface area (Å²) < 4.78 is 0. The molecule has 0 atom stereocenters. The average molecular weight is 254 g/mol. The first kappa shape index (κ1) is 13.1. The second-order valence-corrected chi connectivity index (χ2v) is 4.33. The molecule has 0 aliphatic heterocycles. The maximum absolute atomic E-state index is 5.98. The normalized spacial score (nSPS) is 11.3. The number of aliphatic imine (C=N–C) groups is 1. The van der Waals surface area contributed by atoms with Crippen LogP contribution in [-0.2, 0) is 6.42 Å². The van der Waals surface area contributed by atoms with Crippen LogP contribution in [0.1, 0.15) is 5.56 Å². The molecule has 4 heteroatoms. The lowest BCUT2D eigenvalue weighted by Crippen LogP contribution is -2.35. The van der Waals surface area contributed by atoms with E-state index in [4.69, 9.17) is 5.73 Å². The SMILES string of the molecule is CN(CCc1ccncc1)C(N)=Nc1ccccc1. The highest BCUT2D eigenvalue weighted by Gasteiger charge is 2.02. The molecule has 2 N–H and O–H groups in total. The highest BCUT2D eigenvalue weighted by Crippen LogP contribution is 2.10. The van der Waals surface area contributed by atoms with Crippen LogP contribution in [0.3, 0.4) is 0 Å². The van der Waals surface area contributed by atoms with E-state index in [1.54, 1.807) is 12.4 Å². The van der Waals surface area contributed by atoms with Crippen LogP contribution in [0.25, 0.3) is 0 Å². The Morgan fingerprint density at radius 3 is 2.53 bits per heavy atom. The summed E-state index contributed by atoms with van der Waals surface area (Å²) >= 11 is 0. The lowest BCUT2D eigenvalue weighted by atomic mass is 10.2. The van der Waals surface area contributed by atoms with Crippen LogP contribution in [0.15, 0.2) is 59.9 Å². The Balaban J connectivity index is 1.93.